The van der Waals surface area contributed by atoms with E-state index in [0.717, 1.165) is 30.2 Å². The first kappa shape index (κ1) is 18.4. The number of carbonyl (C=O) groups excluding carboxylic acids is 2. The van der Waals surface area contributed by atoms with Crippen LogP contribution in [0.25, 0.3) is 0 Å². The highest BCUT2D eigenvalue weighted by atomic mass is 16.2. The number of aryl methyl sites for hydroxylation is 1. The van der Waals surface area contributed by atoms with Gasteiger partial charge in [-0.15, -0.1) is 0 Å². The lowest BCUT2D eigenvalue weighted by molar-refractivity contribution is -0.126. The van der Waals surface area contributed by atoms with Gasteiger partial charge < -0.3 is 15.1 Å². The van der Waals surface area contributed by atoms with E-state index in [2.05, 4.69) is 20.2 Å². The lowest BCUT2D eigenvalue weighted by Gasteiger charge is -2.17. The average molecular weight is 379 g/mol. The number of aromatic nitrogens is 2. The van der Waals surface area contributed by atoms with Crippen LogP contribution in [0, 0.1) is 12.8 Å². The summed E-state index contributed by atoms with van der Waals surface area (Å²) < 4.78 is 0. The fraction of sp³-hybridized carbons (Fsp3) is 0.429. The molecule has 2 aromatic rings. The molecule has 7 nitrogen and oxygen atoms in total. The van der Waals surface area contributed by atoms with E-state index in [0.29, 0.717) is 12.4 Å². The molecule has 1 N–H and O–H groups in total. The quantitative estimate of drug-likeness (QED) is 0.860. The van der Waals surface area contributed by atoms with E-state index in [-0.39, 0.29) is 30.7 Å². The lowest BCUT2D eigenvalue weighted by atomic mass is 10.1. The van der Waals surface area contributed by atoms with Gasteiger partial charge in [-0.05, 0) is 38.0 Å². The van der Waals surface area contributed by atoms with E-state index in [9.17, 15) is 9.59 Å². The van der Waals surface area contributed by atoms with Gasteiger partial charge in [-0.2, -0.15) is 0 Å². The third-order valence-electron chi connectivity index (χ3n) is 5.38. The number of nitrogens with zero attached hydrogens (tertiary/aromatic N) is 4. The van der Waals surface area contributed by atoms with Gasteiger partial charge in [-0.25, -0.2) is 9.97 Å². The lowest BCUT2D eigenvalue weighted by Crippen LogP contribution is -2.33. The van der Waals surface area contributed by atoms with Gasteiger partial charge in [0.2, 0.25) is 11.8 Å². The Hall–Kier alpha value is -2.96. The van der Waals surface area contributed by atoms with E-state index < -0.39 is 0 Å². The van der Waals surface area contributed by atoms with Crippen molar-refractivity contribution >= 4 is 23.3 Å². The summed E-state index contributed by atoms with van der Waals surface area (Å²) in [4.78, 5) is 37.7. The Morgan fingerprint density at radius 1 is 1.18 bits per heavy atom. The van der Waals surface area contributed by atoms with Crippen molar-refractivity contribution in [1.29, 1.82) is 0 Å². The molecule has 4 rings (SSSR count). The molecule has 0 bridgehead atoms. The van der Waals surface area contributed by atoms with Gasteiger partial charge in [-0.1, -0.05) is 17.7 Å². The van der Waals surface area contributed by atoms with Gasteiger partial charge >= 0.3 is 0 Å². The number of rotatable bonds is 5. The molecule has 1 aromatic carbocycles. The maximum Gasteiger partial charge on any atom is 0.227 e. The summed E-state index contributed by atoms with van der Waals surface area (Å²) in [5, 5.41) is 2.90. The molecule has 0 spiro atoms. The van der Waals surface area contributed by atoms with E-state index in [1.807, 2.05) is 37.3 Å². The van der Waals surface area contributed by atoms with Crippen LogP contribution in [0.4, 0.5) is 11.5 Å². The minimum atomic E-state index is -0.351. The van der Waals surface area contributed by atoms with E-state index in [1.54, 1.807) is 11.1 Å². The van der Waals surface area contributed by atoms with Crippen LogP contribution >= 0.6 is 0 Å². The Labute approximate surface area is 164 Å². The minimum Gasteiger partial charge on any atom is -0.357 e. The fourth-order valence-electron chi connectivity index (χ4n) is 3.76. The normalized spacial score (nSPS) is 19.3. The van der Waals surface area contributed by atoms with Gasteiger partial charge in [0.1, 0.15) is 11.6 Å². The molecule has 1 atom stereocenters. The predicted molar refractivity (Wildman–Crippen MR) is 107 cm³/mol. The highest BCUT2D eigenvalue weighted by molar-refractivity contribution is 6.00. The van der Waals surface area contributed by atoms with E-state index >= 15 is 0 Å². The van der Waals surface area contributed by atoms with Crippen LogP contribution in [0.1, 0.15) is 30.7 Å². The van der Waals surface area contributed by atoms with Gasteiger partial charge in [0.15, 0.2) is 0 Å². The van der Waals surface area contributed by atoms with Crippen LogP contribution in [0.5, 0.6) is 0 Å². The first-order valence-electron chi connectivity index (χ1n) is 9.82. The summed E-state index contributed by atoms with van der Waals surface area (Å²) >= 11 is 0. The van der Waals surface area contributed by atoms with Gasteiger partial charge in [0.05, 0.1) is 12.5 Å². The number of nitrogens with one attached hydrogen (secondary N) is 1. The molecule has 2 saturated heterocycles. The van der Waals surface area contributed by atoms with Crippen molar-refractivity contribution in [3.05, 3.63) is 47.9 Å². The Morgan fingerprint density at radius 3 is 2.68 bits per heavy atom. The Kier molecular flexibility index (Phi) is 5.23. The van der Waals surface area contributed by atoms with Crippen LogP contribution in [-0.4, -0.2) is 41.4 Å². The molecule has 2 amide bonds. The number of benzene rings is 1. The summed E-state index contributed by atoms with van der Waals surface area (Å²) in [6.45, 7) is 4.72. The monoisotopic (exact) mass is 379 g/mol. The van der Waals surface area contributed by atoms with Crippen molar-refractivity contribution < 1.29 is 9.59 Å². The molecule has 0 saturated carbocycles. The third-order valence-corrected chi connectivity index (χ3v) is 5.38. The molecule has 146 valence electrons. The second-order valence-electron chi connectivity index (χ2n) is 7.48. The molecule has 0 radical (unpaired) electrons. The van der Waals surface area contributed by atoms with Crippen molar-refractivity contribution in [2.45, 2.75) is 32.7 Å². The maximum atomic E-state index is 12.6. The zero-order valence-corrected chi connectivity index (χ0v) is 16.1. The molecule has 7 heteroatoms. The van der Waals surface area contributed by atoms with Crippen molar-refractivity contribution in [2.24, 2.45) is 5.92 Å². The second kappa shape index (κ2) is 7.96. The molecule has 1 unspecified atom stereocenters. The molecule has 2 aliphatic rings. The highest BCUT2D eigenvalue weighted by Gasteiger charge is 2.35. The molecule has 2 fully saturated rings. The number of hydrogen-bond acceptors (Lipinski definition) is 5. The Balaban J connectivity index is 1.35. The smallest absolute Gasteiger partial charge is 0.227 e. The largest absolute Gasteiger partial charge is 0.357 e. The minimum absolute atomic E-state index is 0.0173. The second-order valence-corrected chi connectivity index (χ2v) is 7.48. The summed E-state index contributed by atoms with van der Waals surface area (Å²) in [6, 6.07) is 9.70. The molecule has 3 heterocycles. The number of anilines is 2. The third kappa shape index (κ3) is 3.98. The fourth-order valence-corrected chi connectivity index (χ4v) is 3.76. The molecule has 2 aliphatic heterocycles. The standard InChI is InChI=1S/C21H25N5O2/c1-15-4-6-17(7-5-15)26-14-16(12-20(26)27)21(28)23-13-18-22-9-8-19(24-18)25-10-2-3-11-25/h4-9,16H,2-3,10-14H2,1H3,(H,23,28). The topological polar surface area (TPSA) is 78.4 Å². The molecular formula is C21H25N5O2. The van der Waals surface area contributed by atoms with E-state index in [1.165, 1.54) is 12.8 Å². The van der Waals surface area contributed by atoms with Crippen LogP contribution < -0.4 is 15.1 Å². The van der Waals surface area contributed by atoms with Crippen molar-refractivity contribution in [2.75, 3.05) is 29.4 Å². The zero-order chi connectivity index (χ0) is 19.5. The zero-order valence-electron chi connectivity index (χ0n) is 16.1. The summed E-state index contributed by atoms with van der Waals surface area (Å²) in [7, 11) is 0. The first-order chi connectivity index (χ1) is 13.6. The molecule has 1 aromatic heterocycles. The van der Waals surface area contributed by atoms with Gasteiger partial charge in [0, 0.05) is 37.9 Å². The maximum absolute atomic E-state index is 12.6. The van der Waals surface area contributed by atoms with Crippen LogP contribution in [-0.2, 0) is 16.1 Å². The predicted octanol–water partition coefficient (Wildman–Crippen LogP) is 2.05. The van der Waals surface area contributed by atoms with Crippen LogP contribution in [0.2, 0.25) is 0 Å². The Morgan fingerprint density at radius 2 is 1.93 bits per heavy atom. The molecule has 0 aliphatic carbocycles. The van der Waals surface area contributed by atoms with Crippen LogP contribution in [0.3, 0.4) is 0 Å². The number of amides is 2. The van der Waals surface area contributed by atoms with Crippen molar-refractivity contribution in [3.8, 4) is 0 Å². The van der Waals surface area contributed by atoms with Crippen molar-refractivity contribution in [3.63, 3.8) is 0 Å². The van der Waals surface area contributed by atoms with Crippen LogP contribution in [0.15, 0.2) is 36.5 Å². The van der Waals surface area contributed by atoms with E-state index in [4.69, 9.17) is 0 Å². The SMILES string of the molecule is Cc1ccc(N2CC(C(=O)NCc3nccc(N4CCCC4)n3)CC2=O)cc1. The molecular weight excluding hydrogens is 354 g/mol. The number of hydrogen-bond donors (Lipinski definition) is 1. The van der Waals surface area contributed by atoms with Gasteiger partial charge in [0.25, 0.3) is 0 Å². The van der Waals surface area contributed by atoms with Crippen molar-refractivity contribution in [1.82, 2.24) is 15.3 Å². The summed E-state index contributed by atoms with van der Waals surface area (Å²) in [5.74, 6) is 1.01. The summed E-state index contributed by atoms with van der Waals surface area (Å²) in [6.07, 6.45) is 4.33. The Bertz CT molecular complexity index is 861. The van der Waals surface area contributed by atoms with Gasteiger partial charge in [-0.3, -0.25) is 9.59 Å². The summed E-state index contributed by atoms with van der Waals surface area (Å²) in [5.41, 5.74) is 1.98. The first-order valence-corrected chi connectivity index (χ1v) is 9.82. The highest BCUT2D eigenvalue weighted by Crippen LogP contribution is 2.25. The average Bonchev–Trinajstić information content (AvgIpc) is 3.37. The number of carbonyl (C=O) groups is 2. The molecule has 28 heavy (non-hydrogen) atoms.